The number of aromatic amines is 1. The van der Waals surface area contributed by atoms with E-state index in [1.165, 1.54) is 6.20 Å². The van der Waals surface area contributed by atoms with Gasteiger partial charge in [0.2, 0.25) is 10.0 Å². The summed E-state index contributed by atoms with van der Waals surface area (Å²) in [6.07, 6.45) is 3.40. The second kappa shape index (κ2) is 5.32. The normalized spacial score (nSPS) is 20.9. The third kappa shape index (κ3) is 2.90. The SMILES string of the molecule is CN1CCCC(NS(=O)(=O)c2c[nH]c3ccc(N)cc23)C1. The number of nitrogens with one attached hydrogen (secondary N) is 2. The van der Waals surface area contributed by atoms with Crippen LogP contribution < -0.4 is 10.5 Å². The molecule has 2 heterocycles. The fraction of sp³-hybridized carbons (Fsp3) is 0.429. The number of nitrogens with two attached hydrogens (primary N) is 1. The molecule has 0 bridgehead atoms. The van der Waals surface area contributed by atoms with E-state index in [0.29, 0.717) is 11.1 Å². The second-order valence-corrected chi connectivity index (χ2v) is 7.36. The van der Waals surface area contributed by atoms with E-state index >= 15 is 0 Å². The highest BCUT2D eigenvalue weighted by atomic mass is 32.2. The van der Waals surface area contributed by atoms with Crippen LogP contribution in [0.3, 0.4) is 0 Å². The van der Waals surface area contributed by atoms with Crippen molar-refractivity contribution in [3.63, 3.8) is 0 Å². The molecule has 1 unspecified atom stereocenters. The number of likely N-dealkylation sites (tertiary alicyclic amines) is 1. The Morgan fingerprint density at radius 2 is 2.24 bits per heavy atom. The minimum atomic E-state index is -3.55. The molecular weight excluding hydrogens is 288 g/mol. The van der Waals surface area contributed by atoms with E-state index in [1.54, 1.807) is 18.2 Å². The average Bonchev–Trinajstić information content (AvgIpc) is 2.81. The number of aromatic nitrogens is 1. The second-order valence-electron chi connectivity index (χ2n) is 5.68. The highest BCUT2D eigenvalue weighted by molar-refractivity contribution is 7.89. The summed E-state index contributed by atoms with van der Waals surface area (Å²) in [4.78, 5) is 5.39. The lowest BCUT2D eigenvalue weighted by Crippen LogP contribution is -2.46. The van der Waals surface area contributed by atoms with Gasteiger partial charge in [0.25, 0.3) is 0 Å². The maximum absolute atomic E-state index is 12.6. The van der Waals surface area contributed by atoms with Crippen molar-refractivity contribution in [2.45, 2.75) is 23.8 Å². The monoisotopic (exact) mass is 308 g/mol. The molecule has 21 heavy (non-hydrogen) atoms. The topological polar surface area (TPSA) is 91.2 Å². The van der Waals surface area contributed by atoms with E-state index in [1.807, 2.05) is 7.05 Å². The van der Waals surface area contributed by atoms with Crippen molar-refractivity contribution < 1.29 is 8.42 Å². The van der Waals surface area contributed by atoms with Gasteiger partial charge in [-0.05, 0) is 44.6 Å². The summed E-state index contributed by atoms with van der Waals surface area (Å²) in [5, 5.41) is 0.631. The summed E-state index contributed by atoms with van der Waals surface area (Å²) in [7, 11) is -1.54. The van der Waals surface area contributed by atoms with Gasteiger partial charge in [-0.1, -0.05) is 0 Å². The zero-order valence-electron chi connectivity index (χ0n) is 12.0. The van der Waals surface area contributed by atoms with Gasteiger partial charge in [0, 0.05) is 35.4 Å². The van der Waals surface area contributed by atoms with Crippen molar-refractivity contribution in [1.82, 2.24) is 14.6 Å². The lowest BCUT2D eigenvalue weighted by molar-refractivity contribution is 0.242. The molecule has 114 valence electrons. The van der Waals surface area contributed by atoms with Crippen molar-refractivity contribution in [3.8, 4) is 0 Å². The molecule has 1 aromatic carbocycles. The molecule has 6 nitrogen and oxygen atoms in total. The largest absolute Gasteiger partial charge is 0.399 e. The Hall–Kier alpha value is -1.57. The molecule has 4 N–H and O–H groups in total. The number of sulfonamides is 1. The first-order valence-electron chi connectivity index (χ1n) is 7.03. The van der Waals surface area contributed by atoms with E-state index in [0.717, 1.165) is 31.4 Å². The first kappa shape index (κ1) is 14.4. The summed E-state index contributed by atoms with van der Waals surface area (Å²) in [5.74, 6) is 0. The quantitative estimate of drug-likeness (QED) is 0.741. The number of hydrogen-bond donors (Lipinski definition) is 3. The molecule has 1 fully saturated rings. The Labute approximate surface area is 124 Å². The lowest BCUT2D eigenvalue weighted by Gasteiger charge is -2.29. The van der Waals surface area contributed by atoms with Crippen LogP contribution in [0.1, 0.15) is 12.8 Å². The van der Waals surface area contributed by atoms with Crippen LogP contribution in [0.2, 0.25) is 0 Å². The molecule has 2 aromatic rings. The van der Waals surface area contributed by atoms with Crippen molar-refractivity contribution in [2.24, 2.45) is 0 Å². The van der Waals surface area contributed by atoms with Crippen LogP contribution in [-0.4, -0.2) is 44.5 Å². The number of rotatable bonds is 3. The van der Waals surface area contributed by atoms with Crippen LogP contribution in [0.5, 0.6) is 0 Å². The molecule has 7 heteroatoms. The van der Waals surface area contributed by atoms with Gasteiger partial charge in [-0.2, -0.15) is 0 Å². The average molecular weight is 308 g/mol. The van der Waals surface area contributed by atoms with Crippen LogP contribution in [0.25, 0.3) is 10.9 Å². The summed E-state index contributed by atoms with van der Waals surface area (Å²) in [6.45, 7) is 1.76. The van der Waals surface area contributed by atoms with Crippen molar-refractivity contribution in [1.29, 1.82) is 0 Å². The van der Waals surface area contributed by atoms with Crippen molar-refractivity contribution in [3.05, 3.63) is 24.4 Å². The van der Waals surface area contributed by atoms with Crippen LogP contribution in [0.4, 0.5) is 5.69 Å². The summed E-state index contributed by atoms with van der Waals surface area (Å²) >= 11 is 0. The number of anilines is 1. The first-order chi connectivity index (χ1) is 9.95. The molecule has 1 aliphatic heterocycles. The van der Waals surface area contributed by atoms with Crippen LogP contribution in [0, 0.1) is 0 Å². The van der Waals surface area contributed by atoms with Crippen LogP contribution in [0.15, 0.2) is 29.3 Å². The van der Waals surface area contributed by atoms with E-state index < -0.39 is 10.0 Å². The van der Waals surface area contributed by atoms with Gasteiger partial charge in [0.15, 0.2) is 0 Å². The van der Waals surface area contributed by atoms with Crippen molar-refractivity contribution in [2.75, 3.05) is 25.9 Å². The number of benzene rings is 1. The minimum absolute atomic E-state index is 0.0419. The molecule has 1 atom stereocenters. The molecule has 1 aromatic heterocycles. The Bertz CT molecular complexity index is 753. The van der Waals surface area contributed by atoms with Gasteiger partial charge >= 0.3 is 0 Å². The Balaban J connectivity index is 1.91. The summed E-state index contributed by atoms with van der Waals surface area (Å²) in [5.41, 5.74) is 7.08. The zero-order chi connectivity index (χ0) is 15.0. The molecule has 0 radical (unpaired) electrons. The molecule has 3 rings (SSSR count). The van der Waals surface area contributed by atoms with Gasteiger partial charge in [-0.15, -0.1) is 0 Å². The molecule has 1 aliphatic rings. The van der Waals surface area contributed by atoms with Gasteiger partial charge in [-0.3, -0.25) is 0 Å². The van der Waals surface area contributed by atoms with Gasteiger partial charge in [0.1, 0.15) is 4.90 Å². The third-order valence-electron chi connectivity index (χ3n) is 3.90. The maximum Gasteiger partial charge on any atom is 0.242 e. The molecule has 1 saturated heterocycles. The standard InChI is InChI=1S/C14H20N4O2S/c1-18-6-2-3-11(9-18)17-21(19,20)14-8-16-13-5-4-10(15)7-12(13)14/h4-5,7-8,11,16-17H,2-3,6,9,15H2,1H3. The molecular formula is C14H20N4O2S. The van der Waals surface area contributed by atoms with Crippen LogP contribution >= 0.6 is 0 Å². The van der Waals surface area contributed by atoms with E-state index in [-0.39, 0.29) is 10.9 Å². The number of hydrogen-bond acceptors (Lipinski definition) is 4. The van der Waals surface area contributed by atoms with Gasteiger partial charge < -0.3 is 15.6 Å². The minimum Gasteiger partial charge on any atom is -0.399 e. The molecule has 0 saturated carbocycles. The Morgan fingerprint density at radius 1 is 1.43 bits per heavy atom. The Morgan fingerprint density at radius 3 is 3.00 bits per heavy atom. The molecule has 0 aliphatic carbocycles. The number of piperidine rings is 1. The van der Waals surface area contributed by atoms with Gasteiger partial charge in [-0.25, -0.2) is 13.1 Å². The third-order valence-corrected chi connectivity index (χ3v) is 5.46. The van der Waals surface area contributed by atoms with E-state index in [4.69, 9.17) is 5.73 Å². The zero-order valence-corrected chi connectivity index (χ0v) is 12.8. The van der Waals surface area contributed by atoms with Gasteiger partial charge in [0.05, 0.1) is 0 Å². The van der Waals surface area contributed by atoms with E-state index in [9.17, 15) is 8.42 Å². The number of nitrogens with zero attached hydrogens (tertiary/aromatic N) is 1. The maximum atomic E-state index is 12.6. The number of likely N-dealkylation sites (N-methyl/N-ethyl adjacent to an activating group) is 1. The number of nitrogen functional groups attached to an aromatic ring is 1. The highest BCUT2D eigenvalue weighted by Crippen LogP contribution is 2.25. The fourth-order valence-corrected chi connectivity index (χ4v) is 4.31. The predicted octanol–water partition coefficient (Wildman–Crippen LogP) is 1.12. The van der Waals surface area contributed by atoms with Crippen LogP contribution in [-0.2, 0) is 10.0 Å². The molecule has 0 amide bonds. The number of fused-ring (bicyclic) bond motifs is 1. The first-order valence-corrected chi connectivity index (χ1v) is 8.51. The highest BCUT2D eigenvalue weighted by Gasteiger charge is 2.25. The van der Waals surface area contributed by atoms with E-state index in [2.05, 4.69) is 14.6 Å². The smallest absolute Gasteiger partial charge is 0.242 e. The summed E-state index contributed by atoms with van der Waals surface area (Å²) in [6, 6.07) is 5.18. The number of H-pyrrole nitrogens is 1. The molecule has 0 spiro atoms. The summed E-state index contributed by atoms with van der Waals surface area (Å²) < 4.78 is 28.0. The lowest BCUT2D eigenvalue weighted by atomic mass is 10.1. The van der Waals surface area contributed by atoms with Crippen molar-refractivity contribution >= 4 is 26.6 Å². The Kier molecular flexibility index (Phi) is 3.64. The fourth-order valence-electron chi connectivity index (χ4n) is 2.88. The predicted molar refractivity (Wildman–Crippen MR) is 83.6 cm³/mol.